The van der Waals surface area contributed by atoms with Crippen molar-refractivity contribution in [2.24, 2.45) is 0 Å². The molecule has 0 unspecified atom stereocenters. The van der Waals surface area contributed by atoms with E-state index < -0.39 is 0 Å². The molecule has 5 nitrogen and oxygen atoms in total. The van der Waals surface area contributed by atoms with Crippen LogP contribution < -0.4 is 10.6 Å². The van der Waals surface area contributed by atoms with Crippen molar-refractivity contribution in [2.45, 2.75) is 19.9 Å². The van der Waals surface area contributed by atoms with Gasteiger partial charge in [0, 0.05) is 11.4 Å². The van der Waals surface area contributed by atoms with Crippen molar-refractivity contribution in [3.8, 4) is 0 Å². The van der Waals surface area contributed by atoms with Gasteiger partial charge in [0.1, 0.15) is 0 Å². The Bertz CT molecular complexity index is 548. The summed E-state index contributed by atoms with van der Waals surface area (Å²) in [5.41, 5.74) is 0. The minimum absolute atomic E-state index is 0.184. The van der Waals surface area contributed by atoms with Gasteiger partial charge in [-0.3, -0.25) is 0 Å². The van der Waals surface area contributed by atoms with E-state index in [1.807, 2.05) is 12.1 Å². The smallest absolute Gasteiger partial charge is 0.229 e. The summed E-state index contributed by atoms with van der Waals surface area (Å²) in [6.45, 7) is 3.53. The van der Waals surface area contributed by atoms with Crippen LogP contribution >= 0.6 is 38.9 Å². The first-order valence-electron chi connectivity index (χ1n) is 5.81. The van der Waals surface area contributed by atoms with Gasteiger partial charge in [0.15, 0.2) is 0 Å². The first-order chi connectivity index (χ1) is 9.17. The predicted molar refractivity (Wildman–Crippen MR) is 83.0 cm³/mol. The summed E-state index contributed by atoms with van der Waals surface area (Å²) >= 11 is 11.0. The summed E-state index contributed by atoms with van der Waals surface area (Å²) < 4.78 is 1.10. The highest BCUT2D eigenvalue weighted by molar-refractivity contribution is 9.11. The highest BCUT2D eigenvalue weighted by atomic mass is 79.9. The second-order valence-corrected chi connectivity index (χ2v) is 6.62. The number of nitrogens with one attached hydrogen (secondary N) is 2. The monoisotopic (exact) mass is 361 g/mol. The van der Waals surface area contributed by atoms with E-state index in [-0.39, 0.29) is 5.28 Å². The number of hydrogen-bond acceptors (Lipinski definition) is 6. The van der Waals surface area contributed by atoms with E-state index in [0.29, 0.717) is 18.4 Å². The Balaban J connectivity index is 2.01. The highest BCUT2D eigenvalue weighted by Gasteiger charge is 2.05. The van der Waals surface area contributed by atoms with Crippen LogP contribution in [-0.2, 0) is 6.54 Å². The molecule has 0 aliphatic heterocycles. The number of anilines is 2. The average Bonchev–Trinajstić information content (AvgIpc) is 2.79. The molecule has 0 aliphatic carbocycles. The van der Waals surface area contributed by atoms with Crippen LogP contribution in [0.3, 0.4) is 0 Å². The fourth-order valence-electron chi connectivity index (χ4n) is 1.36. The molecule has 2 aromatic heterocycles. The van der Waals surface area contributed by atoms with E-state index in [2.05, 4.69) is 48.4 Å². The molecule has 0 fully saturated rings. The van der Waals surface area contributed by atoms with Crippen LogP contribution in [0, 0.1) is 0 Å². The van der Waals surface area contributed by atoms with Crippen molar-refractivity contribution >= 4 is 50.8 Å². The molecule has 2 aromatic rings. The van der Waals surface area contributed by atoms with Gasteiger partial charge >= 0.3 is 0 Å². The van der Waals surface area contributed by atoms with Gasteiger partial charge in [0.2, 0.25) is 17.2 Å². The summed E-state index contributed by atoms with van der Waals surface area (Å²) in [5.74, 6) is 0.972. The van der Waals surface area contributed by atoms with Gasteiger partial charge < -0.3 is 10.6 Å². The fraction of sp³-hybridized carbons (Fsp3) is 0.364. The molecule has 2 rings (SSSR count). The molecule has 0 aliphatic rings. The van der Waals surface area contributed by atoms with Gasteiger partial charge in [-0.2, -0.15) is 15.0 Å². The predicted octanol–water partition coefficient (Wildman–Crippen LogP) is 3.78. The van der Waals surface area contributed by atoms with E-state index in [4.69, 9.17) is 11.6 Å². The molecule has 19 heavy (non-hydrogen) atoms. The Morgan fingerprint density at radius 3 is 2.58 bits per heavy atom. The van der Waals surface area contributed by atoms with E-state index in [0.717, 1.165) is 16.8 Å². The minimum Gasteiger partial charge on any atom is -0.354 e. The molecule has 0 atom stereocenters. The number of nitrogens with zero attached hydrogens (tertiary/aromatic N) is 3. The molecule has 0 spiro atoms. The Morgan fingerprint density at radius 2 is 1.95 bits per heavy atom. The molecule has 0 amide bonds. The van der Waals surface area contributed by atoms with Gasteiger partial charge in [-0.05, 0) is 46.1 Å². The number of aromatic nitrogens is 3. The zero-order valence-corrected chi connectivity index (χ0v) is 13.4. The number of thiophene rings is 1. The van der Waals surface area contributed by atoms with Crippen molar-refractivity contribution in [1.82, 2.24) is 15.0 Å². The number of halogens is 2. The van der Waals surface area contributed by atoms with Crippen molar-refractivity contribution in [1.29, 1.82) is 0 Å². The zero-order chi connectivity index (χ0) is 13.7. The van der Waals surface area contributed by atoms with Gasteiger partial charge in [-0.15, -0.1) is 11.3 Å². The maximum absolute atomic E-state index is 5.87. The lowest BCUT2D eigenvalue weighted by Gasteiger charge is -2.06. The highest BCUT2D eigenvalue weighted by Crippen LogP contribution is 2.22. The molecule has 102 valence electrons. The van der Waals surface area contributed by atoms with Crippen molar-refractivity contribution < 1.29 is 0 Å². The number of rotatable bonds is 6. The van der Waals surface area contributed by atoms with Gasteiger partial charge in [-0.1, -0.05) is 6.92 Å². The zero-order valence-electron chi connectivity index (χ0n) is 10.3. The largest absolute Gasteiger partial charge is 0.354 e. The first-order valence-corrected chi connectivity index (χ1v) is 7.79. The third-order valence-electron chi connectivity index (χ3n) is 2.19. The topological polar surface area (TPSA) is 62.7 Å². The molecule has 2 heterocycles. The van der Waals surface area contributed by atoms with Gasteiger partial charge in [0.25, 0.3) is 0 Å². The summed E-state index contributed by atoms with van der Waals surface area (Å²) in [6, 6.07) is 4.05. The SMILES string of the molecule is CCCNc1nc(Cl)nc(NCc2ccc(Br)s2)n1. The second kappa shape index (κ2) is 7.02. The van der Waals surface area contributed by atoms with E-state index >= 15 is 0 Å². The van der Waals surface area contributed by atoms with Crippen molar-refractivity contribution in [2.75, 3.05) is 17.2 Å². The fourth-order valence-corrected chi connectivity index (χ4v) is 2.94. The van der Waals surface area contributed by atoms with Crippen LogP contribution in [0.2, 0.25) is 5.28 Å². The Hall–Kier alpha value is -0.920. The van der Waals surface area contributed by atoms with Gasteiger partial charge in [0.05, 0.1) is 10.3 Å². The van der Waals surface area contributed by atoms with Crippen molar-refractivity contribution in [3.05, 3.63) is 26.1 Å². The standard InChI is InChI=1S/C11H13BrClN5S/c1-2-5-14-10-16-9(13)17-11(18-10)15-6-7-3-4-8(12)19-7/h3-4H,2,5-6H2,1H3,(H2,14,15,16,17,18). The normalized spacial score (nSPS) is 10.5. The average molecular weight is 363 g/mol. The van der Waals surface area contributed by atoms with E-state index in [1.54, 1.807) is 11.3 Å². The number of hydrogen-bond donors (Lipinski definition) is 2. The molecule has 0 aromatic carbocycles. The van der Waals surface area contributed by atoms with Crippen LogP contribution in [0.5, 0.6) is 0 Å². The summed E-state index contributed by atoms with van der Waals surface area (Å²) in [4.78, 5) is 13.5. The second-order valence-electron chi connectivity index (χ2n) is 3.74. The first kappa shape index (κ1) is 14.5. The van der Waals surface area contributed by atoms with Crippen LogP contribution in [0.15, 0.2) is 15.9 Å². The van der Waals surface area contributed by atoms with Crippen LogP contribution in [0.4, 0.5) is 11.9 Å². The molecule has 0 saturated carbocycles. The molecule has 0 saturated heterocycles. The summed E-state index contributed by atoms with van der Waals surface area (Å²) in [7, 11) is 0. The minimum atomic E-state index is 0.184. The molecule has 0 radical (unpaired) electrons. The molecular weight excluding hydrogens is 350 g/mol. The van der Waals surface area contributed by atoms with Crippen LogP contribution in [-0.4, -0.2) is 21.5 Å². The van der Waals surface area contributed by atoms with Gasteiger partial charge in [-0.25, -0.2) is 0 Å². The van der Waals surface area contributed by atoms with Crippen LogP contribution in [0.25, 0.3) is 0 Å². The lowest BCUT2D eigenvalue weighted by atomic mass is 10.5. The lowest BCUT2D eigenvalue weighted by molar-refractivity contribution is 0.934. The van der Waals surface area contributed by atoms with Crippen molar-refractivity contribution in [3.63, 3.8) is 0 Å². The summed E-state index contributed by atoms with van der Waals surface area (Å²) in [6.07, 6.45) is 0.995. The molecule has 2 N–H and O–H groups in total. The van der Waals surface area contributed by atoms with Crippen LogP contribution in [0.1, 0.15) is 18.2 Å². The lowest BCUT2D eigenvalue weighted by Crippen LogP contribution is -2.09. The van der Waals surface area contributed by atoms with E-state index in [1.165, 1.54) is 4.88 Å². The quantitative estimate of drug-likeness (QED) is 0.818. The summed E-state index contributed by atoms with van der Waals surface area (Å²) in [5, 5.41) is 6.40. The third-order valence-corrected chi connectivity index (χ3v) is 3.98. The Morgan fingerprint density at radius 1 is 1.21 bits per heavy atom. The molecular formula is C11H13BrClN5S. The third kappa shape index (κ3) is 4.59. The Kier molecular flexibility index (Phi) is 5.35. The molecule has 8 heteroatoms. The maximum atomic E-state index is 5.87. The van der Waals surface area contributed by atoms with E-state index in [9.17, 15) is 0 Å². The molecule has 0 bridgehead atoms. The Labute approximate surface area is 129 Å². The maximum Gasteiger partial charge on any atom is 0.229 e.